The van der Waals surface area contributed by atoms with E-state index in [9.17, 15) is 14.4 Å². The lowest BCUT2D eigenvalue weighted by Gasteiger charge is -2.33. The topological polar surface area (TPSA) is 76.2 Å². The molecule has 2 saturated heterocycles. The summed E-state index contributed by atoms with van der Waals surface area (Å²) in [5.41, 5.74) is -0.490. The van der Waals surface area contributed by atoms with Crippen molar-refractivity contribution in [2.75, 3.05) is 32.8 Å². The molecule has 2 rings (SSSR count). The molecule has 2 aliphatic rings. The molecule has 0 unspecified atom stereocenters. The van der Waals surface area contributed by atoms with Gasteiger partial charge in [-0.05, 0) is 65.4 Å². The van der Waals surface area contributed by atoms with Crippen molar-refractivity contribution in [3.8, 4) is 0 Å². The molecule has 0 aromatic carbocycles. The molecule has 0 spiro atoms. The van der Waals surface area contributed by atoms with Crippen LogP contribution >= 0.6 is 0 Å². The standard InChI is InChI=1S/C21H34N2O5/c1-5-27-19(25)17-7-6-12-23(15-17)18(24)9-8-16-10-13-22(14-11-16)20(26)28-21(2,3)4/h8-9,16-17H,5-7,10-15H2,1-4H3/b9-8-/t17-/m1/s1. The van der Waals surface area contributed by atoms with E-state index >= 15 is 0 Å². The second kappa shape index (κ2) is 9.94. The van der Waals surface area contributed by atoms with Gasteiger partial charge in [-0.25, -0.2) is 4.79 Å². The molecule has 0 N–H and O–H groups in total. The molecule has 0 aromatic rings. The number of nitrogens with zero attached hydrogens (tertiary/aromatic N) is 2. The molecule has 7 nitrogen and oxygen atoms in total. The lowest BCUT2D eigenvalue weighted by Crippen LogP contribution is -2.42. The predicted molar refractivity (Wildman–Crippen MR) is 106 cm³/mol. The average molecular weight is 395 g/mol. The van der Waals surface area contributed by atoms with Crippen molar-refractivity contribution in [3.05, 3.63) is 12.2 Å². The van der Waals surface area contributed by atoms with Crippen LogP contribution in [0, 0.1) is 11.8 Å². The molecule has 7 heteroatoms. The first-order valence-corrected chi connectivity index (χ1v) is 10.3. The number of carbonyl (C=O) groups excluding carboxylic acids is 3. The number of ether oxygens (including phenoxy) is 2. The molecular weight excluding hydrogens is 360 g/mol. The Morgan fingerprint density at radius 2 is 1.71 bits per heavy atom. The molecule has 2 amide bonds. The average Bonchev–Trinajstić information content (AvgIpc) is 2.65. The van der Waals surface area contributed by atoms with Gasteiger partial charge in [0.25, 0.3) is 0 Å². The number of rotatable bonds is 4. The highest BCUT2D eigenvalue weighted by Crippen LogP contribution is 2.22. The Bertz CT molecular complexity index is 588. The lowest BCUT2D eigenvalue weighted by atomic mass is 9.96. The third-order valence-corrected chi connectivity index (χ3v) is 5.06. The van der Waals surface area contributed by atoms with Crippen LogP contribution in [0.15, 0.2) is 12.2 Å². The maximum Gasteiger partial charge on any atom is 0.410 e. The molecule has 0 aliphatic carbocycles. The highest BCUT2D eigenvalue weighted by atomic mass is 16.6. The highest BCUT2D eigenvalue weighted by Gasteiger charge is 2.29. The largest absolute Gasteiger partial charge is 0.466 e. The molecule has 2 fully saturated rings. The number of likely N-dealkylation sites (tertiary alicyclic amines) is 2. The van der Waals surface area contributed by atoms with E-state index in [0.717, 1.165) is 25.7 Å². The quantitative estimate of drug-likeness (QED) is 0.541. The highest BCUT2D eigenvalue weighted by molar-refractivity contribution is 5.88. The van der Waals surface area contributed by atoms with Gasteiger partial charge in [0.15, 0.2) is 0 Å². The van der Waals surface area contributed by atoms with E-state index in [4.69, 9.17) is 9.47 Å². The van der Waals surface area contributed by atoms with Crippen LogP contribution in [0.4, 0.5) is 4.79 Å². The number of piperidine rings is 2. The van der Waals surface area contributed by atoms with Crippen molar-refractivity contribution in [3.63, 3.8) is 0 Å². The second-order valence-corrected chi connectivity index (χ2v) is 8.54. The molecule has 2 heterocycles. The van der Waals surface area contributed by atoms with E-state index in [1.807, 2.05) is 26.8 Å². The van der Waals surface area contributed by atoms with Gasteiger partial charge in [-0.2, -0.15) is 0 Å². The zero-order valence-electron chi connectivity index (χ0n) is 17.6. The summed E-state index contributed by atoms with van der Waals surface area (Å²) in [5.74, 6) is -0.210. The number of allylic oxidation sites excluding steroid dienone is 1. The molecule has 0 aromatic heterocycles. The molecule has 0 saturated carbocycles. The summed E-state index contributed by atoms with van der Waals surface area (Å²) >= 11 is 0. The van der Waals surface area contributed by atoms with Gasteiger partial charge in [-0.3, -0.25) is 9.59 Å². The Balaban J connectivity index is 1.79. The molecule has 0 radical (unpaired) electrons. The monoisotopic (exact) mass is 394 g/mol. The van der Waals surface area contributed by atoms with Crippen molar-refractivity contribution >= 4 is 18.0 Å². The molecule has 158 valence electrons. The number of amides is 2. The van der Waals surface area contributed by atoms with Gasteiger partial charge in [0.1, 0.15) is 5.60 Å². The van der Waals surface area contributed by atoms with Crippen LogP contribution in [0.25, 0.3) is 0 Å². The molecule has 28 heavy (non-hydrogen) atoms. The first kappa shape index (κ1) is 22.2. The van der Waals surface area contributed by atoms with Crippen LogP contribution in [-0.4, -0.2) is 66.2 Å². The van der Waals surface area contributed by atoms with E-state index in [1.165, 1.54) is 0 Å². The first-order chi connectivity index (χ1) is 13.2. The van der Waals surface area contributed by atoms with Gasteiger partial charge >= 0.3 is 12.1 Å². The summed E-state index contributed by atoms with van der Waals surface area (Å²) in [7, 11) is 0. The summed E-state index contributed by atoms with van der Waals surface area (Å²) < 4.78 is 10.5. The van der Waals surface area contributed by atoms with Gasteiger partial charge in [-0.15, -0.1) is 0 Å². The Morgan fingerprint density at radius 3 is 2.32 bits per heavy atom. The van der Waals surface area contributed by atoms with E-state index in [1.54, 1.807) is 22.8 Å². The minimum Gasteiger partial charge on any atom is -0.466 e. The lowest BCUT2D eigenvalue weighted by molar-refractivity contribution is -0.150. The number of hydrogen-bond donors (Lipinski definition) is 0. The van der Waals surface area contributed by atoms with Crippen molar-refractivity contribution < 1.29 is 23.9 Å². The second-order valence-electron chi connectivity index (χ2n) is 8.54. The molecule has 0 bridgehead atoms. The fourth-order valence-corrected chi connectivity index (χ4v) is 3.55. The van der Waals surface area contributed by atoms with Crippen LogP contribution < -0.4 is 0 Å². The zero-order chi connectivity index (χ0) is 20.7. The Kier molecular flexibility index (Phi) is 7.89. The van der Waals surface area contributed by atoms with Gasteiger partial charge in [0.2, 0.25) is 5.91 Å². The van der Waals surface area contributed by atoms with Crippen LogP contribution in [-0.2, 0) is 19.1 Å². The van der Waals surface area contributed by atoms with Crippen molar-refractivity contribution in [1.82, 2.24) is 9.80 Å². The molecule has 2 aliphatic heterocycles. The normalized spacial score (nSPS) is 21.6. The van der Waals surface area contributed by atoms with Gasteiger partial charge in [0, 0.05) is 26.2 Å². The summed E-state index contributed by atoms with van der Waals surface area (Å²) in [6.07, 6.45) is 6.52. The van der Waals surface area contributed by atoms with Gasteiger partial charge in [0.05, 0.1) is 12.5 Å². The third-order valence-electron chi connectivity index (χ3n) is 5.06. The number of hydrogen-bond acceptors (Lipinski definition) is 5. The van der Waals surface area contributed by atoms with Crippen LogP contribution in [0.3, 0.4) is 0 Å². The van der Waals surface area contributed by atoms with Crippen molar-refractivity contribution in [2.24, 2.45) is 11.8 Å². The van der Waals surface area contributed by atoms with E-state index < -0.39 is 5.60 Å². The smallest absolute Gasteiger partial charge is 0.410 e. The van der Waals surface area contributed by atoms with Crippen molar-refractivity contribution in [2.45, 2.75) is 59.0 Å². The Morgan fingerprint density at radius 1 is 1.04 bits per heavy atom. The summed E-state index contributed by atoms with van der Waals surface area (Å²) in [4.78, 5) is 40.0. The van der Waals surface area contributed by atoms with Crippen LogP contribution in [0.2, 0.25) is 0 Å². The number of esters is 1. The summed E-state index contributed by atoms with van der Waals surface area (Å²) in [6, 6.07) is 0. The maximum absolute atomic E-state index is 12.5. The van der Waals surface area contributed by atoms with Gasteiger partial charge in [-0.1, -0.05) is 6.08 Å². The predicted octanol–water partition coefficient (Wildman–Crippen LogP) is 2.99. The van der Waals surface area contributed by atoms with E-state index in [2.05, 4.69) is 0 Å². The summed E-state index contributed by atoms with van der Waals surface area (Å²) in [5, 5.41) is 0. The molecular formula is C21H34N2O5. The fraction of sp³-hybridized carbons (Fsp3) is 0.762. The summed E-state index contributed by atoms with van der Waals surface area (Å²) in [6.45, 7) is 10.1. The number of carbonyl (C=O) groups is 3. The van der Waals surface area contributed by atoms with E-state index in [0.29, 0.717) is 32.8 Å². The van der Waals surface area contributed by atoms with E-state index in [-0.39, 0.29) is 29.8 Å². The van der Waals surface area contributed by atoms with Crippen LogP contribution in [0.1, 0.15) is 53.4 Å². The SMILES string of the molecule is CCOC(=O)[C@@H]1CCCN(C(=O)/C=C\C2CCN(C(=O)OC(C)(C)C)CC2)C1. The maximum atomic E-state index is 12.5. The van der Waals surface area contributed by atoms with Crippen molar-refractivity contribution in [1.29, 1.82) is 0 Å². The minimum absolute atomic E-state index is 0.0522. The van der Waals surface area contributed by atoms with Gasteiger partial charge < -0.3 is 19.3 Å². The zero-order valence-corrected chi connectivity index (χ0v) is 17.6. The fourth-order valence-electron chi connectivity index (χ4n) is 3.55. The van der Waals surface area contributed by atoms with Crippen LogP contribution in [0.5, 0.6) is 0 Å². The first-order valence-electron chi connectivity index (χ1n) is 10.3. The Hall–Kier alpha value is -2.05. The Labute approximate surface area is 168 Å². The third kappa shape index (κ3) is 6.84. The molecule has 1 atom stereocenters. The minimum atomic E-state index is -0.490.